The number of likely N-dealkylation sites (tertiary alicyclic amines) is 1. The molecule has 0 bridgehead atoms. The number of amides is 2. The van der Waals surface area contributed by atoms with Gasteiger partial charge in [0, 0.05) is 30.4 Å². The van der Waals surface area contributed by atoms with Crippen LogP contribution < -0.4 is 15.2 Å². The number of hydrogen-bond donors (Lipinski definition) is 2. The molecular weight excluding hydrogens is 517 g/mol. The first kappa shape index (κ1) is 27.6. The number of nitrogens with two attached hydrogens (primary N) is 1. The van der Waals surface area contributed by atoms with E-state index in [-0.39, 0.29) is 42.7 Å². The third-order valence-corrected chi connectivity index (χ3v) is 6.83. The van der Waals surface area contributed by atoms with E-state index in [0.717, 1.165) is 18.4 Å². The van der Waals surface area contributed by atoms with E-state index < -0.39 is 23.8 Å². The van der Waals surface area contributed by atoms with Crippen molar-refractivity contribution in [2.24, 2.45) is 5.73 Å². The lowest BCUT2D eigenvalue weighted by Crippen LogP contribution is -2.49. The van der Waals surface area contributed by atoms with Crippen LogP contribution in [0.2, 0.25) is 0 Å². The molecule has 2 amide bonds. The van der Waals surface area contributed by atoms with Gasteiger partial charge in [-0.25, -0.2) is 4.39 Å². The van der Waals surface area contributed by atoms with E-state index >= 15 is 4.39 Å². The van der Waals surface area contributed by atoms with Crippen LogP contribution >= 0.6 is 0 Å². The van der Waals surface area contributed by atoms with Crippen molar-refractivity contribution in [1.82, 2.24) is 19.7 Å². The number of aromatic nitrogens is 3. The van der Waals surface area contributed by atoms with Gasteiger partial charge in [0.05, 0.1) is 49.2 Å². The highest BCUT2D eigenvalue weighted by Crippen LogP contribution is 2.30. The highest BCUT2D eigenvalue weighted by molar-refractivity contribution is 5.97. The number of alkyl halides is 1. The Morgan fingerprint density at radius 1 is 1.12 bits per heavy atom. The van der Waals surface area contributed by atoms with Crippen LogP contribution in [-0.2, 0) is 17.8 Å². The number of ether oxygens (including phenoxy) is 2. The summed E-state index contributed by atoms with van der Waals surface area (Å²) in [7, 11) is 0. The van der Waals surface area contributed by atoms with Gasteiger partial charge in [0.1, 0.15) is 17.6 Å². The molecule has 3 heterocycles. The Balaban J connectivity index is 1.19. The molecule has 1 aliphatic carbocycles. The predicted molar refractivity (Wildman–Crippen MR) is 145 cm³/mol. The molecule has 40 heavy (non-hydrogen) atoms. The van der Waals surface area contributed by atoms with Gasteiger partial charge >= 0.3 is 0 Å². The Bertz CT molecular complexity index is 1370. The molecule has 1 saturated heterocycles. The highest BCUT2D eigenvalue weighted by atomic mass is 19.1. The van der Waals surface area contributed by atoms with Crippen molar-refractivity contribution in [3.8, 4) is 22.6 Å². The Kier molecular flexibility index (Phi) is 7.75. The fraction of sp³-hybridized carbons (Fsp3) is 0.448. The molecule has 5 rings (SSSR count). The molecule has 1 saturated carbocycles. The van der Waals surface area contributed by atoms with Crippen molar-refractivity contribution in [3.63, 3.8) is 0 Å². The molecule has 2 aromatic heterocycles. The minimum Gasteiger partial charge on any atom is -0.489 e. The lowest BCUT2D eigenvalue weighted by Gasteiger charge is -2.35. The molecule has 1 unspecified atom stereocenters. The quantitative estimate of drug-likeness (QED) is 0.396. The number of pyridine rings is 1. The molecule has 1 aliphatic heterocycles. The summed E-state index contributed by atoms with van der Waals surface area (Å²) < 4.78 is 28.4. The largest absolute Gasteiger partial charge is 0.489 e. The first-order valence-electron chi connectivity index (χ1n) is 13.4. The third kappa shape index (κ3) is 6.95. The number of primary amides is 1. The van der Waals surface area contributed by atoms with Gasteiger partial charge in [-0.3, -0.25) is 19.3 Å². The Labute approximate surface area is 231 Å². The SMILES string of the molecule is CC(C)(O)Cn1cc(-c2ccc(OC3CCN(C(=O)Cc4ccc(OC5CC5)cn4)C[C@H]3F)c(C(N)=O)c2)cn1. The summed E-state index contributed by atoms with van der Waals surface area (Å²) >= 11 is 0. The molecule has 2 fully saturated rings. The van der Waals surface area contributed by atoms with Crippen molar-refractivity contribution in [1.29, 1.82) is 0 Å². The number of carbonyl (C=O) groups is 2. The van der Waals surface area contributed by atoms with Gasteiger partial charge < -0.3 is 25.2 Å². The summed E-state index contributed by atoms with van der Waals surface area (Å²) in [6, 6.07) is 8.48. The predicted octanol–water partition coefficient (Wildman–Crippen LogP) is 2.92. The molecule has 3 aromatic rings. The van der Waals surface area contributed by atoms with Crippen molar-refractivity contribution in [2.75, 3.05) is 13.1 Å². The number of halogens is 1. The van der Waals surface area contributed by atoms with E-state index in [9.17, 15) is 14.7 Å². The van der Waals surface area contributed by atoms with E-state index in [2.05, 4.69) is 10.1 Å². The first-order chi connectivity index (χ1) is 19.0. The number of rotatable bonds is 10. The van der Waals surface area contributed by atoms with E-state index in [1.165, 1.54) is 4.90 Å². The van der Waals surface area contributed by atoms with Gasteiger partial charge in [-0.15, -0.1) is 0 Å². The van der Waals surface area contributed by atoms with E-state index in [4.69, 9.17) is 15.2 Å². The highest BCUT2D eigenvalue weighted by Gasteiger charge is 2.34. The summed E-state index contributed by atoms with van der Waals surface area (Å²) in [6.45, 7) is 3.87. The van der Waals surface area contributed by atoms with Crippen LogP contribution in [0.25, 0.3) is 11.1 Å². The molecule has 3 N–H and O–H groups in total. The van der Waals surface area contributed by atoms with Crippen LogP contribution in [0.5, 0.6) is 11.5 Å². The van der Waals surface area contributed by atoms with Crippen LogP contribution in [0.4, 0.5) is 4.39 Å². The molecule has 10 nitrogen and oxygen atoms in total. The normalized spacial score (nSPS) is 19.4. The standard InChI is InChI=1S/C29H34FN5O5/c1-29(2,38)17-35-15-19(13-33-35)18-3-8-25(23(11-18)28(31)37)40-26-9-10-34(16-24(26)30)27(36)12-20-4-5-22(14-32-20)39-21-6-7-21/h3-5,8,11,13-15,21,24,26,38H,6-7,9-10,12,16-17H2,1-2H3,(H2,31,37)/t24-,26?/m1/s1. The summed E-state index contributed by atoms with van der Waals surface area (Å²) in [4.78, 5) is 30.8. The molecule has 11 heteroatoms. The summed E-state index contributed by atoms with van der Waals surface area (Å²) in [5.74, 6) is -0.0449. The van der Waals surface area contributed by atoms with Crippen LogP contribution in [0.15, 0.2) is 48.9 Å². The number of hydrogen-bond acceptors (Lipinski definition) is 7. The zero-order valence-corrected chi connectivity index (χ0v) is 22.6. The molecule has 2 atom stereocenters. The number of nitrogens with zero attached hydrogens (tertiary/aromatic N) is 4. The average Bonchev–Trinajstić information content (AvgIpc) is 3.60. The fourth-order valence-corrected chi connectivity index (χ4v) is 4.64. The van der Waals surface area contributed by atoms with Crippen molar-refractivity contribution < 1.29 is 28.6 Å². The number of aliphatic hydroxyl groups is 1. The topological polar surface area (TPSA) is 133 Å². The van der Waals surface area contributed by atoms with E-state index in [1.54, 1.807) is 67.5 Å². The van der Waals surface area contributed by atoms with Crippen molar-refractivity contribution >= 4 is 11.8 Å². The Hall–Kier alpha value is -3.99. The van der Waals surface area contributed by atoms with E-state index in [0.29, 0.717) is 30.1 Å². The van der Waals surface area contributed by atoms with Gasteiger partial charge in [0.25, 0.3) is 5.91 Å². The molecular formula is C29H34FN5O5. The minimum absolute atomic E-state index is 0.0711. The van der Waals surface area contributed by atoms with Gasteiger partial charge in [0.15, 0.2) is 6.17 Å². The van der Waals surface area contributed by atoms with Crippen LogP contribution in [0, 0.1) is 0 Å². The average molecular weight is 552 g/mol. The van der Waals surface area contributed by atoms with Gasteiger partial charge in [-0.2, -0.15) is 5.10 Å². The minimum atomic E-state index is -1.44. The summed E-state index contributed by atoms with van der Waals surface area (Å²) in [5.41, 5.74) is 6.82. The lowest BCUT2D eigenvalue weighted by atomic mass is 10.0. The monoisotopic (exact) mass is 551 g/mol. The number of carbonyl (C=O) groups excluding carboxylic acids is 2. The zero-order chi connectivity index (χ0) is 28.4. The van der Waals surface area contributed by atoms with Crippen LogP contribution in [-0.4, -0.2) is 73.7 Å². The second-order valence-electron chi connectivity index (χ2n) is 11.1. The van der Waals surface area contributed by atoms with Crippen molar-refractivity contribution in [2.45, 2.75) is 70.1 Å². The van der Waals surface area contributed by atoms with Crippen LogP contribution in [0.3, 0.4) is 0 Å². The second kappa shape index (κ2) is 11.2. The number of benzene rings is 1. The van der Waals surface area contributed by atoms with Gasteiger partial charge in [-0.05, 0) is 56.5 Å². The Morgan fingerprint density at radius 3 is 2.58 bits per heavy atom. The molecule has 0 radical (unpaired) electrons. The zero-order valence-electron chi connectivity index (χ0n) is 22.6. The Morgan fingerprint density at radius 2 is 1.93 bits per heavy atom. The summed E-state index contributed by atoms with van der Waals surface area (Å²) in [5, 5.41) is 14.3. The van der Waals surface area contributed by atoms with E-state index in [1.807, 2.05) is 0 Å². The summed E-state index contributed by atoms with van der Waals surface area (Å²) in [6.07, 6.45) is 5.43. The fourth-order valence-electron chi connectivity index (χ4n) is 4.64. The number of piperidine rings is 1. The lowest BCUT2D eigenvalue weighted by molar-refractivity contribution is -0.134. The molecule has 2 aliphatic rings. The van der Waals surface area contributed by atoms with Gasteiger partial charge in [-0.1, -0.05) is 6.07 Å². The maximum atomic E-state index is 15.2. The smallest absolute Gasteiger partial charge is 0.252 e. The first-order valence-corrected chi connectivity index (χ1v) is 13.4. The van der Waals surface area contributed by atoms with Gasteiger partial charge in [0.2, 0.25) is 5.91 Å². The second-order valence-corrected chi connectivity index (χ2v) is 11.1. The third-order valence-electron chi connectivity index (χ3n) is 6.83. The molecule has 1 aromatic carbocycles. The maximum absolute atomic E-state index is 15.2. The van der Waals surface area contributed by atoms with Crippen LogP contribution in [0.1, 0.15) is 49.2 Å². The molecule has 212 valence electrons. The van der Waals surface area contributed by atoms with Crippen molar-refractivity contribution in [3.05, 3.63) is 60.2 Å². The molecule has 0 spiro atoms. The maximum Gasteiger partial charge on any atom is 0.252 e.